The van der Waals surface area contributed by atoms with Crippen molar-refractivity contribution in [1.82, 2.24) is 10.2 Å². The summed E-state index contributed by atoms with van der Waals surface area (Å²) >= 11 is 0. The maximum Gasteiger partial charge on any atom is 0.264 e. The first-order chi connectivity index (χ1) is 18.0. The summed E-state index contributed by atoms with van der Waals surface area (Å²) in [6, 6.07) is 4.99. The molecule has 1 aromatic rings. The average molecular weight is 545 g/mol. The van der Waals surface area contributed by atoms with Crippen molar-refractivity contribution in [3.63, 3.8) is 0 Å². The molecule has 4 aliphatic rings. The lowest BCUT2D eigenvalue weighted by atomic mass is 9.82. The number of likely N-dealkylation sites (N-methyl/N-ethyl adjacent to an activating group) is 1. The summed E-state index contributed by atoms with van der Waals surface area (Å²) < 4.78 is 6.68. The van der Waals surface area contributed by atoms with Gasteiger partial charge in [-0.2, -0.15) is 0 Å². The molecule has 1 spiro atoms. The molecule has 38 heavy (non-hydrogen) atoms. The molecule has 10 nitrogen and oxygen atoms in total. The Morgan fingerprint density at radius 2 is 2.03 bits per heavy atom. The first-order valence-electron chi connectivity index (χ1n) is 13.8. The SMILES string of the molecule is C[C@H]1[C@H]([Si](C)(C)O)[C@@H](CC(=O)N2CCC[C@H]2CO)O[C@]12C(=O)N(C)c1ccc(NC(=O)[C@H]3CCCN3)cc12. The fourth-order valence-electron chi connectivity index (χ4n) is 7.24. The van der Waals surface area contributed by atoms with E-state index >= 15 is 0 Å². The molecule has 0 radical (unpaired) electrons. The Balaban J connectivity index is 1.48. The van der Waals surface area contributed by atoms with Gasteiger partial charge >= 0.3 is 0 Å². The molecular weight excluding hydrogens is 504 g/mol. The van der Waals surface area contributed by atoms with Gasteiger partial charge in [-0.05, 0) is 63.5 Å². The zero-order valence-corrected chi connectivity index (χ0v) is 23.7. The van der Waals surface area contributed by atoms with Crippen LogP contribution in [0.25, 0.3) is 0 Å². The van der Waals surface area contributed by atoms with Crippen LogP contribution in [0.4, 0.5) is 11.4 Å². The molecule has 4 aliphatic heterocycles. The second kappa shape index (κ2) is 10.0. The molecule has 3 fully saturated rings. The monoisotopic (exact) mass is 544 g/mol. The first-order valence-corrected chi connectivity index (χ1v) is 16.8. The Morgan fingerprint density at radius 3 is 2.68 bits per heavy atom. The van der Waals surface area contributed by atoms with Crippen LogP contribution in [0, 0.1) is 5.92 Å². The molecule has 4 heterocycles. The summed E-state index contributed by atoms with van der Waals surface area (Å²) in [5.41, 5.74) is 0.204. The van der Waals surface area contributed by atoms with Crippen molar-refractivity contribution in [3.8, 4) is 0 Å². The molecule has 3 saturated heterocycles. The van der Waals surface area contributed by atoms with E-state index in [0.717, 1.165) is 32.2 Å². The molecule has 4 N–H and O–H groups in total. The number of anilines is 2. The number of benzene rings is 1. The van der Waals surface area contributed by atoms with Crippen LogP contribution in [0.15, 0.2) is 18.2 Å². The third-order valence-corrected chi connectivity index (χ3v) is 11.5. The molecule has 11 heteroatoms. The molecule has 0 aromatic heterocycles. The number of amides is 3. The van der Waals surface area contributed by atoms with E-state index in [9.17, 15) is 24.3 Å². The lowest BCUT2D eigenvalue weighted by Gasteiger charge is -2.32. The highest BCUT2D eigenvalue weighted by atomic mass is 28.4. The molecule has 0 aliphatic carbocycles. The van der Waals surface area contributed by atoms with Gasteiger partial charge in [-0.15, -0.1) is 0 Å². The highest BCUT2D eigenvalue weighted by Crippen LogP contribution is 2.59. The van der Waals surface area contributed by atoms with Gasteiger partial charge in [0.15, 0.2) is 13.9 Å². The first kappa shape index (κ1) is 27.3. The van der Waals surface area contributed by atoms with Gasteiger partial charge in [0, 0.05) is 36.3 Å². The predicted molar refractivity (Wildman–Crippen MR) is 145 cm³/mol. The Hall–Kier alpha value is -2.31. The Morgan fingerprint density at radius 1 is 1.26 bits per heavy atom. The third-order valence-electron chi connectivity index (χ3n) is 9.04. The highest BCUT2D eigenvalue weighted by Gasteiger charge is 2.66. The van der Waals surface area contributed by atoms with Crippen LogP contribution in [0.2, 0.25) is 18.6 Å². The van der Waals surface area contributed by atoms with Gasteiger partial charge in [0.25, 0.3) is 5.91 Å². The number of carbonyl (C=O) groups excluding carboxylic acids is 3. The summed E-state index contributed by atoms with van der Waals surface area (Å²) in [7, 11) is -1.19. The molecule has 5 rings (SSSR count). The van der Waals surface area contributed by atoms with Gasteiger partial charge < -0.3 is 35.1 Å². The van der Waals surface area contributed by atoms with Gasteiger partial charge in [0.05, 0.1) is 36.9 Å². The van der Waals surface area contributed by atoms with Gasteiger partial charge in [-0.3, -0.25) is 14.4 Å². The highest BCUT2D eigenvalue weighted by molar-refractivity contribution is 6.71. The number of aliphatic hydroxyl groups is 1. The quantitative estimate of drug-likeness (QED) is 0.400. The number of rotatable bonds is 6. The summed E-state index contributed by atoms with van der Waals surface area (Å²) in [6.45, 7) is 6.91. The summed E-state index contributed by atoms with van der Waals surface area (Å²) in [5.74, 6) is -0.849. The number of carbonyl (C=O) groups is 3. The van der Waals surface area contributed by atoms with E-state index in [1.54, 1.807) is 22.9 Å². The van der Waals surface area contributed by atoms with E-state index in [1.807, 2.05) is 32.2 Å². The molecule has 208 valence electrons. The van der Waals surface area contributed by atoms with Crippen LogP contribution in [0.1, 0.15) is 44.6 Å². The number of nitrogens with one attached hydrogen (secondary N) is 2. The minimum Gasteiger partial charge on any atom is -0.432 e. The zero-order valence-electron chi connectivity index (χ0n) is 22.7. The van der Waals surface area contributed by atoms with E-state index in [4.69, 9.17) is 4.74 Å². The van der Waals surface area contributed by atoms with Gasteiger partial charge in [0.1, 0.15) is 0 Å². The summed E-state index contributed by atoms with van der Waals surface area (Å²) in [5, 5.41) is 15.9. The van der Waals surface area contributed by atoms with E-state index < -0.39 is 25.9 Å². The van der Waals surface area contributed by atoms with Crippen LogP contribution in [-0.4, -0.2) is 85.8 Å². The normalized spacial score (nSPS) is 32.9. The minimum absolute atomic E-state index is 0.0420. The maximum atomic E-state index is 13.9. The lowest BCUT2D eigenvalue weighted by Crippen LogP contribution is -2.45. The number of likely N-dealkylation sites (tertiary alicyclic amines) is 1. The molecule has 0 unspecified atom stereocenters. The summed E-state index contributed by atoms with van der Waals surface area (Å²) in [4.78, 5) is 54.7. The number of hydrogen-bond donors (Lipinski definition) is 4. The molecule has 3 amide bonds. The molecule has 1 aromatic carbocycles. The van der Waals surface area contributed by atoms with Crippen molar-refractivity contribution in [2.45, 2.75) is 81.5 Å². The van der Waals surface area contributed by atoms with Crippen LogP contribution < -0.4 is 15.5 Å². The smallest absolute Gasteiger partial charge is 0.264 e. The topological polar surface area (TPSA) is 131 Å². The fourth-order valence-corrected chi connectivity index (χ4v) is 9.80. The van der Waals surface area contributed by atoms with Gasteiger partial charge in [0.2, 0.25) is 11.8 Å². The van der Waals surface area contributed by atoms with Crippen LogP contribution in [0.5, 0.6) is 0 Å². The van der Waals surface area contributed by atoms with E-state index in [1.165, 1.54) is 0 Å². The second-order valence-electron chi connectivity index (χ2n) is 11.9. The Bertz CT molecular complexity index is 1120. The van der Waals surface area contributed by atoms with E-state index in [2.05, 4.69) is 10.6 Å². The molecule has 6 atom stereocenters. The third kappa shape index (κ3) is 4.38. The Labute approximate surface area is 224 Å². The standard InChI is InChI=1S/C27H40N4O6Si/c1-16-24(38(3,4)36)22(14-23(33)31-12-6-7-18(31)15-32)37-27(16)19-13-17(9-10-21(19)30(2)26(27)35)29-25(34)20-8-5-11-28-20/h9-10,13,16,18,20,22,24,28,32,36H,5-8,11-12,14-15H2,1-4H3,(H,29,34)/t16-,18-,20+,22+,24-,27+/m0/s1. The van der Waals surface area contributed by atoms with Crippen LogP contribution in [-0.2, 0) is 24.7 Å². The van der Waals surface area contributed by atoms with Gasteiger partial charge in [-0.25, -0.2) is 0 Å². The lowest BCUT2D eigenvalue weighted by molar-refractivity contribution is -0.149. The molecular formula is C27H40N4O6Si. The van der Waals surface area contributed by atoms with Crippen molar-refractivity contribution in [2.75, 3.05) is 37.0 Å². The zero-order chi connectivity index (χ0) is 27.4. The number of fused-ring (bicyclic) bond motifs is 2. The van der Waals surface area contributed by atoms with Crippen molar-refractivity contribution in [1.29, 1.82) is 0 Å². The van der Waals surface area contributed by atoms with Gasteiger partial charge in [-0.1, -0.05) is 6.92 Å². The predicted octanol–water partition coefficient (Wildman–Crippen LogP) is 1.52. The number of aliphatic hydroxyl groups excluding tert-OH is 1. The second-order valence-corrected chi connectivity index (χ2v) is 15.8. The average Bonchev–Trinajstić information content (AvgIpc) is 3.64. The van der Waals surface area contributed by atoms with Crippen LogP contribution >= 0.6 is 0 Å². The largest absolute Gasteiger partial charge is 0.432 e. The van der Waals surface area contributed by atoms with Crippen molar-refractivity contribution < 1.29 is 29.0 Å². The van der Waals surface area contributed by atoms with Crippen molar-refractivity contribution >= 4 is 37.4 Å². The summed E-state index contributed by atoms with van der Waals surface area (Å²) in [6.07, 6.45) is 2.74. The van der Waals surface area contributed by atoms with Crippen molar-refractivity contribution in [2.24, 2.45) is 5.92 Å². The van der Waals surface area contributed by atoms with Crippen molar-refractivity contribution in [3.05, 3.63) is 23.8 Å². The Kier molecular flexibility index (Phi) is 7.19. The number of hydrogen-bond acceptors (Lipinski definition) is 7. The van der Waals surface area contributed by atoms with E-state index in [0.29, 0.717) is 23.5 Å². The molecule has 0 saturated carbocycles. The minimum atomic E-state index is -2.90. The van der Waals surface area contributed by atoms with Crippen LogP contribution in [0.3, 0.4) is 0 Å². The number of ether oxygens (including phenoxy) is 1. The fraction of sp³-hybridized carbons (Fsp3) is 0.667. The van der Waals surface area contributed by atoms with E-state index in [-0.39, 0.29) is 48.4 Å². The number of nitrogens with zero attached hydrogens (tertiary/aromatic N) is 2. The molecule has 0 bridgehead atoms. The maximum absolute atomic E-state index is 13.9.